The Labute approximate surface area is 127 Å². The number of ether oxygens (including phenoxy) is 2. The van der Waals surface area contributed by atoms with Gasteiger partial charge in [-0.05, 0) is 54.5 Å². The molecule has 0 radical (unpaired) electrons. The largest absolute Gasteiger partial charge is 0.497 e. The van der Waals surface area contributed by atoms with Crippen molar-refractivity contribution in [2.45, 2.75) is 39.2 Å². The van der Waals surface area contributed by atoms with E-state index in [-0.39, 0.29) is 6.04 Å². The van der Waals surface area contributed by atoms with Crippen LogP contribution < -0.4 is 15.2 Å². The van der Waals surface area contributed by atoms with Crippen molar-refractivity contribution in [1.82, 2.24) is 0 Å². The number of rotatable bonds is 10. The lowest BCUT2D eigenvalue weighted by atomic mass is 10.0. The summed E-state index contributed by atoms with van der Waals surface area (Å²) in [5.74, 6) is 4.11. The van der Waals surface area contributed by atoms with E-state index in [4.69, 9.17) is 15.2 Å². The molecule has 1 rings (SSSR count). The molecule has 1 unspecified atom stereocenters. The van der Waals surface area contributed by atoms with Crippen molar-refractivity contribution >= 4 is 11.8 Å². The van der Waals surface area contributed by atoms with Crippen LogP contribution >= 0.6 is 11.8 Å². The molecule has 0 spiro atoms. The van der Waals surface area contributed by atoms with Crippen LogP contribution in [0.5, 0.6) is 11.5 Å². The SMILES string of the molecule is CCSCCCOc1ccc(OC)cc1CC(N)CC. The normalized spacial score (nSPS) is 12.2. The van der Waals surface area contributed by atoms with Gasteiger partial charge in [0.1, 0.15) is 11.5 Å². The molecule has 20 heavy (non-hydrogen) atoms. The van der Waals surface area contributed by atoms with Gasteiger partial charge in [-0.1, -0.05) is 13.8 Å². The van der Waals surface area contributed by atoms with Crippen LogP contribution in [-0.2, 0) is 6.42 Å². The summed E-state index contributed by atoms with van der Waals surface area (Å²) < 4.78 is 11.2. The molecular weight excluding hydrogens is 270 g/mol. The second kappa shape index (κ2) is 9.94. The van der Waals surface area contributed by atoms with Crippen LogP contribution in [0.4, 0.5) is 0 Å². The number of hydrogen-bond donors (Lipinski definition) is 1. The molecule has 3 nitrogen and oxygen atoms in total. The average Bonchev–Trinajstić information content (AvgIpc) is 2.48. The summed E-state index contributed by atoms with van der Waals surface area (Å²) in [5, 5.41) is 0. The molecule has 0 aliphatic carbocycles. The van der Waals surface area contributed by atoms with E-state index < -0.39 is 0 Å². The number of hydrogen-bond acceptors (Lipinski definition) is 4. The van der Waals surface area contributed by atoms with E-state index in [1.54, 1.807) is 7.11 Å². The standard InChI is InChI=1S/C16H27NO2S/c1-4-14(17)11-13-12-15(18-3)7-8-16(13)19-9-6-10-20-5-2/h7-8,12,14H,4-6,9-11,17H2,1-3H3. The molecule has 0 bridgehead atoms. The highest BCUT2D eigenvalue weighted by atomic mass is 32.2. The number of benzene rings is 1. The van der Waals surface area contributed by atoms with E-state index in [0.717, 1.165) is 48.7 Å². The number of thioether (sulfide) groups is 1. The second-order valence-electron chi connectivity index (χ2n) is 4.75. The summed E-state index contributed by atoms with van der Waals surface area (Å²) >= 11 is 1.95. The van der Waals surface area contributed by atoms with Crippen LogP contribution in [0.1, 0.15) is 32.3 Å². The van der Waals surface area contributed by atoms with Gasteiger partial charge in [0, 0.05) is 6.04 Å². The molecule has 0 aromatic heterocycles. The summed E-state index contributed by atoms with van der Waals surface area (Å²) in [6.45, 7) is 5.04. The van der Waals surface area contributed by atoms with Crippen molar-refractivity contribution in [2.75, 3.05) is 25.2 Å². The first-order valence-corrected chi connectivity index (χ1v) is 8.49. The predicted molar refractivity (Wildman–Crippen MR) is 88.1 cm³/mol. The minimum absolute atomic E-state index is 0.167. The molecule has 0 saturated heterocycles. The molecule has 2 N–H and O–H groups in total. The van der Waals surface area contributed by atoms with Gasteiger partial charge >= 0.3 is 0 Å². The molecule has 0 fully saturated rings. The fourth-order valence-electron chi connectivity index (χ4n) is 1.90. The fraction of sp³-hybridized carbons (Fsp3) is 0.625. The Morgan fingerprint density at radius 3 is 2.75 bits per heavy atom. The molecule has 0 aliphatic rings. The molecule has 0 aliphatic heterocycles. The zero-order chi connectivity index (χ0) is 14.8. The van der Waals surface area contributed by atoms with Gasteiger partial charge in [0.25, 0.3) is 0 Å². The van der Waals surface area contributed by atoms with Crippen molar-refractivity contribution in [3.05, 3.63) is 23.8 Å². The first-order valence-electron chi connectivity index (χ1n) is 7.34. The summed E-state index contributed by atoms with van der Waals surface area (Å²) in [7, 11) is 1.68. The maximum Gasteiger partial charge on any atom is 0.122 e. The molecule has 1 aromatic rings. The third-order valence-corrected chi connectivity index (χ3v) is 4.15. The van der Waals surface area contributed by atoms with Crippen LogP contribution in [0.25, 0.3) is 0 Å². The highest BCUT2D eigenvalue weighted by molar-refractivity contribution is 7.99. The van der Waals surface area contributed by atoms with E-state index in [9.17, 15) is 0 Å². The lowest BCUT2D eigenvalue weighted by Crippen LogP contribution is -2.21. The minimum Gasteiger partial charge on any atom is -0.497 e. The summed E-state index contributed by atoms with van der Waals surface area (Å²) in [5.41, 5.74) is 7.20. The maximum absolute atomic E-state index is 6.06. The van der Waals surface area contributed by atoms with E-state index >= 15 is 0 Å². The van der Waals surface area contributed by atoms with Crippen molar-refractivity contribution in [2.24, 2.45) is 5.73 Å². The zero-order valence-electron chi connectivity index (χ0n) is 12.9. The Morgan fingerprint density at radius 1 is 1.30 bits per heavy atom. The molecular formula is C16H27NO2S. The lowest BCUT2D eigenvalue weighted by Gasteiger charge is -2.15. The summed E-state index contributed by atoms with van der Waals surface area (Å²) in [4.78, 5) is 0. The molecule has 1 atom stereocenters. The molecule has 0 saturated carbocycles. The predicted octanol–water partition coefficient (Wildman–Crippen LogP) is 3.50. The van der Waals surface area contributed by atoms with Gasteiger partial charge in [-0.25, -0.2) is 0 Å². The molecule has 114 valence electrons. The van der Waals surface area contributed by atoms with E-state index in [0.29, 0.717) is 0 Å². The van der Waals surface area contributed by atoms with E-state index in [1.807, 2.05) is 30.0 Å². The van der Waals surface area contributed by atoms with Crippen molar-refractivity contribution in [3.8, 4) is 11.5 Å². The quantitative estimate of drug-likeness (QED) is 0.671. The maximum atomic E-state index is 6.06. The smallest absolute Gasteiger partial charge is 0.122 e. The lowest BCUT2D eigenvalue weighted by molar-refractivity contribution is 0.313. The minimum atomic E-state index is 0.167. The van der Waals surface area contributed by atoms with Crippen LogP contribution in [0.3, 0.4) is 0 Å². The van der Waals surface area contributed by atoms with Crippen molar-refractivity contribution < 1.29 is 9.47 Å². The zero-order valence-corrected chi connectivity index (χ0v) is 13.7. The van der Waals surface area contributed by atoms with E-state index in [1.165, 1.54) is 5.75 Å². The van der Waals surface area contributed by atoms with Gasteiger partial charge in [0.05, 0.1) is 13.7 Å². The molecule has 1 aromatic carbocycles. The van der Waals surface area contributed by atoms with Crippen molar-refractivity contribution in [3.63, 3.8) is 0 Å². The molecule has 4 heteroatoms. The van der Waals surface area contributed by atoms with Crippen molar-refractivity contribution in [1.29, 1.82) is 0 Å². The first kappa shape index (κ1) is 17.2. The first-order chi connectivity index (χ1) is 9.71. The number of methoxy groups -OCH3 is 1. The highest BCUT2D eigenvalue weighted by Crippen LogP contribution is 2.26. The van der Waals surface area contributed by atoms with Crippen LogP contribution in [-0.4, -0.2) is 31.3 Å². The van der Waals surface area contributed by atoms with Gasteiger partial charge in [-0.15, -0.1) is 0 Å². The molecule has 0 heterocycles. The van der Waals surface area contributed by atoms with Gasteiger partial charge in [0.2, 0.25) is 0 Å². The average molecular weight is 297 g/mol. The van der Waals surface area contributed by atoms with Gasteiger partial charge < -0.3 is 15.2 Å². The monoisotopic (exact) mass is 297 g/mol. The third kappa shape index (κ3) is 6.06. The molecule has 0 amide bonds. The summed E-state index contributed by atoms with van der Waals surface area (Å²) in [6, 6.07) is 6.13. The van der Waals surface area contributed by atoms with Crippen LogP contribution in [0.15, 0.2) is 18.2 Å². The second-order valence-corrected chi connectivity index (χ2v) is 6.14. The van der Waals surface area contributed by atoms with Gasteiger partial charge in [-0.3, -0.25) is 0 Å². The fourth-order valence-corrected chi connectivity index (χ4v) is 2.51. The number of nitrogens with two attached hydrogens (primary N) is 1. The Hall–Kier alpha value is -0.870. The Kier molecular flexibility index (Phi) is 8.54. The topological polar surface area (TPSA) is 44.5 Å². The third-order valence-electron chi connectivity index (χ3n) is 3.17. The van der Waals surface area contributed by atoms with E-state index in [2.05, 4.69) is 13.8 Å². The Bertz CT molecular complexity index is 385. The van der Waals surface area contributed by atoms with Crippen LogP contribution in [0, 0.1) is 0 Å². The Balaban J connectivity index is 2.62. The Morgan fingerprint density at radius 2 is 2.10 bits per heavy atom. The highest BCUT2D eigenvalue weighted by Gasteiger charge is 2.09. The summed E-state index contributed by atoms with van der Waals surface area (Å²) in [6.07, 6.45) is 2.86. The van der Waals surface area contributed by atoms with Gasteiger partial charge in [-0.2, -0.15) is 11.8 Å². The van der Waals surface area contributed by atoms with Crippen LogP contribution in [0.2, 0.25) is 0 Å². The van der Waals surface area contributed by atoms with Gasteiger partial charge in [0.15, 0.2) is 0 Å².